The van der Waals surface area contributed by atoms with E-state index >= 15 is 0 Å². The minimum absolute atomic E-state index is 0.00428. The van der Waals surface area contributed by atoms with Crippen LogP contribution in [0.2, 0.25) is 0 Å². The molecule has 0 aliphatic carbocycles. The zero-order valence-corrected chi connectivity index (χ0v) is 17.2. The van der Waals surface area contributed by atoms with E-state index in [1.165, 1.54) is 0 Å². The molecule has 1 aliphatic heterocycles. The Balaban J connectivity index is 1.85. The van der Waals surface area contributed by atoms with Crippen LogP contribution in [0.1, 0.15) is 23.1 Å². The van der Waals surface area contributed by atoms with E-state index in [-0.39, 0.29) is 13.2 Å². The second-order valence-corrected chi connectivity index (χ2v) is 7.74. The second kappa shape index (κ2) is 9.47. The van der Waals surface area contributed by atoms with Crippen molar-refractivity contribution in [3.63, 3.8) is 0 Å². The summed E-state index contributed by atoms with van der Waals surface area (Å²) in [6, 6.07) is 15.3. The molecule has 1 amide bonds. The zero-order valence-electron chi connectivity index (χ0n) is 17.2. The van der Waals surface area contributed by atoms with Gasteiger partial charge in [-0.15, -0.1) is 0 Å². The molecule has 3 rings (SSSR count). The van der Waals surface area contributed by atoms with Crippen LogP contribution in [0.5, 0.6) is 0 Å². The van der Waals surface area contributed by atoms with Gasteiger partial charge >= 0.3 is 18.0 Å². The Hall–Kier alpha value is -3.61. The van der Waals surface area contributed by atoms with Gasteiger partial charge in [0.15, 0.2) is 0 Å². The third-order valence-corrected chi connectivity index (χ3v) is 5.62. The van der Waals surface area contributed by atoms with Gasteiger partial charge in [-0.25, -0.2) is 9.59 Å². The lowest BCUT2D eigenvalue weighted by molar-refractivity contribution is -0.144. The summed E-state index contributed by atoms with van der Waals surface area (Å²) in [5, 5.41) is 19.2. The summed E-state index contributed by atoms with van der Waals surface area (Å²) in [7, 11) is 0. The van der Waals surface area contributed by atoms with E-state index in [0.717, 1.165) is 21.6 Å². The first-order chi connectivity index (χ1) is 14.8. The third-order valence-electron chi connectivity index (χ3n) is 5.62. The average molecular weight is 423 g/mol. The molecule has 0 saturated carbocycles. The number of aliphatic carboxylic acids is 2. The molecule has 7 heteroatoms. The number of hydrogen-bond acceptors (Lipinski definition) is 4. The first-order valence-corrected chi connectivity index (χ1v) is 9.95. The highest BCUT2D eigenvalue weighted by molar-refractivity contribution is 5.84. The van der Waals surface area contributed by atoms with E-state index in [2.05, 4.69) is 6.58 Å². The summed E-state index contributed by atoms with van der Waals surface area (Å²) in [6.07, 6.45) is -1.18. The minimum Gasteiger partial charge on any atom is -0.481 e. The molecule has 1 aliphatic rings. The molecule has 2 aromatic rings. The molecule has 0 unspecified atom stereocenters. The highest BCUT2D eigenvalue weighted by atomic mass is 16.6. The molecule has 1 saturated heterocycles. The highest BCUT2D eigenvalue weighted by Gasteiger charge is 2.50. The predicted molar refractivity (Wildman–Crippen MR) is 114 cm³/mol. The van der Waals surface area contributed by atoms with Crippen molar-refractivity contribution < 1.29 is 29.3 Å². The van der Waals surface area contributed by atoms with Crippen LogP contribution in [0.4, 0.5) is 4.79 Å². The third kappa shape index (κ3) is 5.12. The second-order valence-electron chi connectivity index (χ2n) is 7.74. The fourth-order valence-electron chi connectivity index (χ4n) is 4.02. The zero-order chi connectivity index (χ0) is 22.5. The lowest BCUT2D eigenvalue weighted by Crippen LogP contribution is -2.44. The quantitative estimate of drug-likeness (QED) is 0.702. The fourth-order valence-corrected chi connectivity index (χ4v) is 4.02. The van der Waals surface area contributed by atoms with Crippen LogP contribution in [0, 0.1) is 18.8 Å². The number of carboxylic acid groups (broad SMARTS) is 2. The molecule has 2 aromatic carbocycles. The van der Waals surface area contributed by atoms with Crippen molar-refractivity contribution in [3.05, 3.63) is 77.9 Å². The van der Waals surface area contributed by atoms with Gasteiger partial charge in [0.1, 0.15) is 12.6 Å². The monoisotopic (exact) mass is 423 g/mol. The van der Waals surface area contributed by atoms with Crippen LogP contribution < -0.4 is 0 Å². The molecule has 31 heavy (non-hydrogen) atoms. The van der Waals surface area contributed by atoms with Crippen LogP contribution in [0.3, 0.4) is 0 Å². The first kappa shape index (κ1) is 22.1. The summed E-state index contributed by atoms with van der Waals surface area (Å²) in [6.45, 7) is 6.07. The van der Waals surface area contributed by atoms with Gasteiger partial charge in [-0.05, 0) is 23.6 Å². The van der Waals surface area contributed by atoms with Gasteiger partial charge in [-0.3, -0.25) is 9.69 Å². The number of amides is 1. The smallest absolute Gasteiger partial charge is 0.410 e. The molecule has 3 atom stereocenters. The van der Waals surface area contributed by atoms with Crippen molar-refractivity contribution in [3.8, 4) is 0 Å². The van der Waals surface area contributed by atoms with Gasteiger partial charge in [0.25, 0.3) is 0 Å². The standard InChI is InChI=1S/C24H25NO6/c1-15-8-10-18(11-9-15)16(2)20-13-25(22(23(28)29)19(20)12-21(26)27)24(30)31-14-17-6-4-3-5-7-17/h3-11,19-20,22H,2,12-14H2,1H3,(H,26,27)(H,28,29)/t19-,20+,22-/m0/s1. The van der Waals surface area contributed by atoms with Gasteiger partial charge in [0.05, 0.1) is 6.42 Å². The maximum atomic E-state index is 12.8. The van der Waals surface area contributed by atoms with Gasteiger partial charge in [0.2, 0.25) is 0 Å². The van der Waals surface area contributed by atoms with Crippen molar-refractivity contribution in [2.45, 2.75) is 26.0 Å². The molecule has 7 nitrogen and oxygen atoms in total. The Morgan fingerprint density at radius 3 is 2.29 bits per heavy atom. The predicted octanol–water partition coefficient (Wildman–Crippen LogP) is 3.82. The fraction of sp³-hybridized carbons (Fsp3) is 0.292. The van der Waals surface area contributed by atoms with Crippen molar-refractivity contribution in [2.24, 2.45) is 11.8 Å². The maximum absolute atomic E-state index is 12.8. The number of ether oxygens (including phenoxy) is 1. The molecule has 0 spiro atoms. The van der Waals surface area contributed by atoms with Crippen molar-refractivity contribution in [1.82, 2.24) is 4.90 Å². The van der Waals surface area contributed by atoms with Crippen molar-refractivity contribution in [2.75, 3.05) is 6.54 Å². The molecule has 2 N–H and O–H groups in total. The van der Waals surface area contributed by atoms with Crippen molar-refractivity contribution in [1.29, 1.82) is 0 Å². The summed E-state index contributed by atoms with van der Waals surface area (Å²) in [5.74, 6) is -3.74. The van der Waals surface area contributed by atoms with E-state index in [0.29, 0.717) is 5.57 Å². The SMILES string of the molecule is C=C(c1ccc(C)cc1)[C@H]1CN(C(=O)OCc2ccccc2)[C@H](C(=O)O)[C@H]1CC(=O)O. The minimum atomic E-state index is -1.31. The summed E-state index contributed by atoms with van der Waals surface area (Å²) < 4.78 is 5.34. The van der Waals surface area contributed by atoms with E-state index < -0.39 is 42.3 Å². The Morgan fingerprint density at radius 1 is 1.06 bits per heavy atom. The van der Waals surface area contributed by atoms with Gasteiger partial charge in [-0.2, -0.15) is 0 Å². The molecule has 1 heterocycles. The summed E-state index contributed by atoms with van der Waals surface area (Å²) >= 11 is 0. The lowest BCUT2D eigenvalue weighted by atomic mass is 9.81. The van der Waals surface area contributed by atoms with E-state index in [1.807, 2.05) is 49.4 Å². The number of aryl methyl sites for hydroxylation is 1. The Labute approximate surface area is 180 Å². The van der Waals surface area contributed by atoms with E-state index in [9.17, 15) is 24.6 Å². The van der Waals surface area contributed by atoms with Crippen molar-refractivity contribution >= 4 is 23.6 Å². The molecular formula is C24H25NO6. The highest BCUT2D eigenvalue weighted by Crippen LogP contribution is 2.40. The number of carboxylic acids is 2. The van der Waals surface area contributed by atoms with Crippen LogP contribution in [-0.2, 0) is 20.9 Å². The number of carbonyl (C=O) groups is 3. The molecular weight excluding hydrogens is 398 g/mol. The molecule has 1 fully saturated rings. The van der Waals surface area contributed by atoms with E-state index in [4.69, 9.17) is 4.74 Å². The topological polar surface area (TPSA) is 104 Å². The van der Waals surface area contributed by atoms with Gasteiger partial charge in [-0.1, -0.05) is 66.7 Å². The Kier molecular flexibility index (Phi) is 6.74. The first-order valence-electron chi connectivity index (χ1n) is 9.95. The number of nitrogens with zero attached hydrogens (tertiary/aromatic N) is 1. The molecule has 0 aromatic heterocycles. The lowest BCUT2D eigenvalue weighted by Gasteiger charge is -2.24. The number of likely N-dealkylation sites (tertiary alicyclic amines) is 1. The Bertz CT molecular complexity index is 969. The normalized spacial score (nSPS) is 20.3. The summed E-state index contributed by atoms with van der Waals surface area (Å²) in [5.41, 5.74) is 3.22. The number of benzene rings is 2. The van der Waals surface area contributed by atoms with Gasteiger partial charge in [0, 0.05) is 18.4 Å². The number of hydrogen-bond donors (Lipinski definition) is 2. The van der Waals surface area contributed by atoms with E-state index in [1.54, 1.807) is 12.1 Å². The molecule has 162 valence electrons. The van der Waals surface area contributed by atoms with Gasteiger partial charge < -0.3 is 14.9 Å². The van der Waals surface area contributed by atoms with Crippen LogP contribution in [-0.4, -0.2) is 45.7 Å². The number of rotatable bonds is 7. The average Bonchev–Trinajstić information content (AvgIpc) is 3.11. The largest absolute Gasteiger partial charge is 0.481 e. The summed E-state index contributed by atoms with van der Waals surface area (Å²) in [4.78, 5) is 37.5. The van der Waals surface area contributed by atoms with Crippen LogP contribution in [0.15, 0.2) is 61.2 Å². The van der Waals surface area contributed by atoms with Crippen LogP contribution in [0.25, 0.3) is 5.57 Å². The molecule has 0 bridgehead atoms. The Morgan fingerprint density at radius 2 is 1.71 bits per heavy atom. The maximum Gasteiger partial charge on any atom is 0.410 e. The number of carbonyl (C=O) groups excluding carboxylic acids is 1. The molecule has 0 radical (unpaired) electrons. The van der Waals surface area contributed by atoms with Crippen LogP contribution >= 0.6 is 0 Å².